The Morgan fingerprint density at radius 1 is 1.00 bits per heavy atom. The van der Waals surface area contributed by atoms with Gasteiger partial charge in [-0.3, -0.25) is 4.79 Å². The monoisotopic (exact) mass is 421 g/mol. The van der Waals surface area contributed by atoms with Crippen LogP contribution in [0.25, 0.3) is 0 Å². The molecule has 0 saturated heterocycles. The van der Waals surface area contributed by atoms with E-state index in [0.29, 0.717) is 22.9 Å². The van der Waals surface area contributed by atoms with Gasteiger partial charge in [0.2, 0.25) is 0 Å². The molecule has 8 heteroatoms. The molecule has 0 heterocycles. The highest BCUT2D eigenvalue weighted by atomic mass is 35.5. The van der Waals surface area contributed by atoms with Crippen LogP contribution in [0, 0.1) is 0 Å². The summed E-state index contributed by atoms with van der Waals surface area (Å²) in [6.07, 6.45) is -1.18. The molecule has 1 amide bonds. The normalized spacial score (nSPS) is 11.6. The number of amides is 1. The Morgan fingerprint density at radius 3 is 2.28 bits per heavy atom. The summed E-state index contributed by atoms with van der Waals surface area (Å²) in [5, 5.41) is 2.88. The topological polar surface area (TPSA) is 83.1 Å². The van der Waals surface area contributed by atoms with Crippen LogP contribution in [0.5, 0.6) is 17.2 Å². The summed E-state index contributed by atoms with van der Waals surface area (Å²) in [5.41, 5.74) is 0.614. The predicted octanol–water partition coefficient (Wildman–Crippen LogP) is 4.33. The number of anilines is 1. The van der Waals surface area contributed by atoms with Crippen LogP contribution in [0.4, 0.5) is 5.69 Å². The van der Waals surface area contributed by atoms with E-state index in [9.17, 15) is 9.59 Å². The van der Waals surface area contributed by atoms with Crippen molar-refractivity contribution in [3.05, 3.63) is 47.0 Å². The molecule has 1 atom stereocenters. The second kappa shape index (κ2) is 10.0. The maximum Gasteiger partial charge on any atom is 0.339 e. The van der Waals surface area contributed by atoms with E-state index in [1.165, 1.54) is 33.3 Å². The number of nitrogens with one attached hydrogen (secondary N) is 1. The number of ether oxygens (including phenoxy) is 4. The Morgan fingerprint density at radius 2 is 1.66 bits per heavy atom. The maximum atomic E-state index is 12.5. The van der Waals surface area contributed by atoms with Crippen molar-refractivity contribution in [2.24, 2.45) is 0 Å². The van der Waals surface area contributed by atoms with E-state index in [1.54, 1.807) is 24.3 Å². The third-order valence-electron chi connectivity index (χ3n) is 3.84. The zero-order valence-electron chi connectivity index (χ0n) is 16.9. The third-order valence-corrected chi connectivity index (χ3v) is 4.12. The van der Waals surface area contributed by atoms with Crippen LogP contribution in [0.1, 0.15) is 31.1 Å². The van der Waals surface area contributed by atoms with Crippen molar-refractivity contribution in [1.29, 1.82) is 0 Å². The number of halogens is 1. The highest BCUT2D eigenvalue weighted by Crippen LogP contribution is 2.37. The predicted molar refractivity (Wildman–Crippen MR) is 110 cm³/mol. The number of hydrogen-bond donors (Lipinski definition) is 1. The minimum atomic E-state index is -1.05. The fourth-order valence-corrected chi connectivity index (χ4v) is 2.71. The van der Waals surface area contributed by atoms with Crippen LogP contribution in [0.2, 0.25) is 5.02 Å². The van der Waals surface area contributed by atoms with E-state index < -0.39 is 18.0 Å². The molecule has 0 saturated carbocycles. The van der Waals surface area contributed by atoms with Crippen molar-refractivity contribution >= 4 is 29.2 Å². The van der Waals surface area contributed by atoms with Gasteiger partial charge in [-0.15, -0.1) is 0 Å². The van der Waals surface area contributed by atoms with Gasteiger partial charge in [0.05, 0.1) is 36.6 Å². The number of carbonyl (C=O) groups excluding carboxylic acids is 2. The summed E-state index contributed by atoms with van der Waals surface area (Å²) in [6, 6.07) is 9.79. The van der Waals surface area contributed by atoms with Gasteiger partial charge in [0.15, 0.2) is 17.6 Å². The first-order valence-electron chi connectivity index (χ1n) is 8.95. The first kappa shape index (κ1) is 22.4. The van der Waals surface area contributed by atoms with Gasteiger partial charge >= 0.3 is 5.97 Å². The van der Waals surface area contributed by atoms with Gasteiger partial charge in [-0.25, -0.2) is 4.79 Å². The molecular formula is C21H24ClNO6. The summed E-state index contributed by atoms with van der Waals surface area (Å²) in [6.45, 7) is 5.16. The zero-order chi connectivity index (χ0) is 21.6. The summed E-state index contributed by atoms with van der Waals surface area (Å²) in [5.74, 6) is -0.0896. The first-order valence-corrected chi connectivity index (χ1v) is 9.33. The Balaban J connectivity index is 2.12. The zero-order valence-corrected chi connectivity index (χ0v) is 17.7. The fraction of sp³-hybridized carbons (Fsp3) is 0.333. The van der Waals surface area contributed by atoms with E-state index in [0.717, 1.165) is 0 Å². The van der Waals surface area contributed by atoms with Crippen molar-refractivity contribution in [2.75, 3.05) is 19.5 Å². The second-order valence-electron chi connectivity index (χ2n) is 6.39. The van der Waals surface area contributed by atoms with Gasteiger partial charge in [-0.05, 0) is 45.0 Å². The van der Waals surface area contributed by atoms with Crippen molar-refractivity contribution in [1.82, 2.24) is 0 Å². The molecule has 156 valence electrons. The average Bonchev–Trinajstić information content (AvgIpc) is 2.69. The molecular weight excluding hydrogens is 398 g/mol. The molecule has 2 aromatic rings. The lowest BCUT2D eigenvalue weighted by atomic mass is 10.2. The van der Waals surface area contributed by atoms with E-state index in [-0.39, 0.29) is 16.7 Å². The number of hydrogen-bond acceptors (Lipinski definition) is 6. The van der Waals surface area contributed by atoms with Crippen LogP contribution in [0.15, 0.2) is 36.4 Å². The quantitative estimate of drug-likeness (QED) is 0.639. The maximum absolute atomic E-state index is 12.5. The minimum Gasteiger partial charge on any atom is -0.495 e. The molecule has 2 aromatic carbocycles. The molecule has 29 heavy (non-hydrogen) atoms. The lowest BCUT2D eigenvalue weighted by Crippen LogP contribution is -2.30. The number of esters is 1. The van der Waals surface area contributed by atoms with Crippen molar-refractivity contribution in [3.63, 3.8) is 0 Å². The number of benzene rings is 2. The van der Waals surface area contributed by atoms with Crippen LogP contribution in [0.3, 0.4) is 0 Å². The number of rotatable bonds is 8. The summed E-state index contributed by atoms with van der Waals surface area (Å²) in [7, 11) is 2.94. The summed E-state index contributed by atoms with van der Waals surface area (Å²) < 4.78 is 21.4. The highest BCUT2D eigenvalue weighted by molar-refractivity contribution is 6.32. The molecule has 0 bridgehead atoms. The van der Waals surface area contributed by atoms with Crippen molar-refractivity contribution in [2.45, 2.75) is 33.0 Å². The Labute approximate surface area is 174 Å². The van der Waals surface area contributed by atoms with E-state index in [2.05, 4.69) is 5.32 Å². The number of para-hydroxylation sites is 2. The van der Waals surface area contributed by atoms with Gasteiger partial charge in [-0.1, -0.05) is 23.7 Å². The van der Waals surface area contributed by atoms with Crippen LogP contribution in [-0.2, 0) is 9.53 Å². The molecule has 0 spiro atoms. The standard InChI is InChI=1S/C21H24ClNO6/c1-12(2)28-19-15(22)10-14(11-18(19)27-5)21(25)29-13(3)20(24)23-16-8-6-7-9-17(16)26-4/h6-13H,1-5H3,(H,23,24)/t13-/m1/s1. The van der Waals surface area contributed by atoms with Crippen molar-refractivity contribution in [3.8, 4) is 17.2 Å². The minimum absolute atomic E-state index is 0.127. The average molecular weight is 422 g/mol. The molecule has 0 aliphatic rings. The summed E-state index contributed by atoms with van der Waals surface area (Å²) in [4.78, 5) is 24.9. The van der Waals surface area contributed by atoms with Crippen LogP contribution < -0.4 is 19.5 Å². The van der Waals surface area contributed by atoms with Crippen LogP contribution >= 0.6 is 11.6 Å². The molecule has 0 aliphatic heterocycles. The van der Waals surface area contributed by atoms with Gasteiger partial charge < -0.3 is 24.3 Å². The highest BCUT2D eigenvalue weighted by Gasteiger charge is 2.23. The van der Waals surface area contributed by atoms with Gasteiger partial charge in [-0.2, -0.15) is 0 Å². The van der Waals surface area contributed by atoms with E-state index >= 15 is 0 Å². The Kier molecular flexibility index (Phi) is 7.73. The first-order chi connectivity index (χ1) is 13.8. The smallest absolute Gasteiger partial charge is 0.339 e. The summed E-state index contributed by atoms with van der Waals surface area (Å²) >= 11 is 6.24. The third kappa shape index (κ3) is 5.77. The molecule has 0 fully saturated rings. The largest absolute Gasteiger partial charge is 0.495 e. The lowest BCUT2D eigenvalue weighted by molar-refractivity contribution is -0.123. The fourth-order valence-electron chi connectivity index (χ4n) is 2.45. The molecule has 2 rings (SSSR count). The molecule has 0 aromatic heterocycles. The van der Waals surface area contributed by atoms with Gasteiger partial charge in [0, 0.05) is 0 Å². The van der Waals surface area contributed by atoms with Crippen LogP contribution in [-0.4, -0.2) is 38.3 Å². The number of methoxy groups -OCH3 is 2. The second-order valence-corrected chi connectivity index (χ2v) is 6.80. The van der Waals surface area contributed by atoms with Crippen molar-refractivity contribution < 1.29 is 28.5 Å². The molecule has 1 N–H and O–H groups in total. The SMILES string of the molecule is COc1ccccc1NC(=O)[C@@H](C)OC(=O)c1cc(Cl)c(OC(C)C)c(OC)c1. The lowest BCUT2D eigenvalue weighted by Gasteiger charge is -2.17. The Hall–Kier alpha value is -2.93. The van der Waals surface area contributed by atoms with Gasteiger partial charge in [0.25, 0.3) is 5.91 Å². The molecule has 0 aliphatic carbocycles. The van der Waals surface area contributed by atoms with Gasteiger partial charge in [0.1, 0.15) is 5.75 Å². The number of carbonyl (C=O) groups is 2. The van der Waals surface area contributed by atoms with E-state index in [1.807, 2.05) is 13.8 Å². The molecule has 0 radical (unpaired) electrons. The van der Waals surface area contributed by atoms with E-state index in [4.69, 9.17) is 30.5 Å². The molecule has 0 unspecified atom stereocenters. The molecule has 7 nitrogen and oxygen atoms in total. The Bertz CT molecular complexity index is 883.